The first-order valence-electron chi connectivity index (χ1n) is 6.19. The van der Waals surface area contributed by atoms with Gasteiger partial charge in [0.2, 0.25) is 0 Å². The fraction of sp³-hybridized carbons (Fsp3) is 0.200. The second kappa shape index (κ2) is 6.00. The standard InChI is InChI=1S/C15H16N2O2/c1-3-13(12-7-5-4-6-8-12)16-17-15(18)14-10-9-11(2)19-14/h4-10H,3H2,1-2H3,(H,17,18). The maximum absolute atomic E-state index is 11.8. The van der Waals surface area contributed by atoms with Crippen LogP contribution in [0.1, 0.15) is 35.2 Å². The van der Waals surface area contributed by atoms with Gasteiger partial charge < -0.3 is 4.42 Å². The van der Waals surface area contributed by atoms with E-state index in [0.717, 1.165) is 17.7 Å². The smallest absolute Gasteiger partial charge is 0.307 e. The molecule has 1 aromatic heterocycles. The molecule has 0 unspecified atom stereocenters. The van der Waals surface area contributed by atoms with Crippen LogP contribution in [0.3, 0.4) is 0 Å². The quantitative estimate of drug-likeness (QED) is 0.675. The normalized spacial score (nSPS) is 11.4. The van der Waals surface area contributed by atoms with Crippen LogP contribution in [0.15, 0.2) is 52.0 Å². The van der Waals surface area contributed by atoms with Gasteiger partial charge in [-0.15, -0.1) is 0 Å². The number of nitrogens with one attached hydrogen (secondary N) is 1. The van der Waals surface area contributed by atoms with Gasteiger partial charge in [-0.3, -0.25) is 4.79 Å². The molecule has 2 rings (SSSR count). The van der Waals surface area contributed by atoms with Gasteiger partial charge in [0.1, 0.15) is 5.76 Å². The van der Waals surface area contributed by atoms with E-state index in [1.165, 1.54) is 0 Å². The Kier molecular flexibility index (Phi) is 4.13. The topological polar surface area (TPSA) is 54.6 Å². The minimum absolute atomic E-state index is 0.268. The molecule has 4 heteroatoms. The van der Waals surface area contributed by atoms with Gasteiger partial charge >= 0.3 is 5.91 Å². The summed E-state index contributed by atoms with van der Waals surface area (Å²) < 4.78 is 5.24. The summed E-state index contributed by atoms with van der Waals surface area (Å²) in [7, 11) is 0. The van der Waals surface area contributed by atoms with E-state index < -0.39 is 0 Å². The molecule has 0 aliphatic rings. The summed E-state index contributed by atoms with van der Waals surface area (Å²) in [5, 5.41) is 4.16. The SMILES string of the molecule is CCC(=NNC(=O)c1ccc(C)o1)c1ccccc1. The maximum Gasteiger partial charge on any atom is 0.307 e. The molecule has 0 saturated heterocycles. The van der Waals surface area contributed by atoms with Crippen LogP contribution in [-0.4, -0.2) is 11.6 Å². The Balaban J connectivity index is 2.10. The number of furan rings is 1. The van der Waals surface area contributed by atoms with Gasteiger partial charge in [0.15, 0.2) is 5.76 Å². The lowest BCUT2D eigenvalue weighted by atomic mass is 10.1. The lowest BCUT2D eigenvalue weighted by Crippen LogP contribution is -2.19. The molecule has 19 heavy (non-hydrogen) atoms. The van der Waals surface area contributed by atoms with Gasteiger partial charge in [0.05, 0.1) is 5.71 Å². The fourth-order valence-corrected chi connectivity index (χ4v) is 1.71. The lowest BCUT2D eigenvalue weighted by molar-refractivity contribution is 0.0926. The molecular weight excluding hydrogens is 240 g/mol. The molecule has 1 heterocycles. The van der Waals surface area contributed by atoms with Crippen molar-refractivity contribution in [1.82, 2.24) is 5.43 Å². The van der Waals surface area contributed by atoms with Crippen LogP contribution < -0.4 is 5.43 Å². The molecule has 1 aromatic carbocycles. The van der Waals surface area contributed by atoms with E-state index in [4.69, 9.17) is 4.42 Å². The van der Waals surface area contributed by atoms with Crippen molar-refractivity contribution >= 4 is 11.6 Å². The van der Waals surface area contributed by atoms with Gasteiger partial charge in [0, 0.05) is 0 Å². The monoisotopic (exact) mass is 256 g/mol. The molecule has 4 nitrogen and oxygen atoms in total. The molecule has 0 atom stereocenters. The number of hydrazone groups is 1. The molecule has 0 saturated carbocycles. The highest BCUT2D eigenvalue weighted by Gasteiger charge is 2.09. The predicted molar refractivity (Wildman–Crippen MR) is 74.2 cm³/mol. The Morgan fingerprint density at radius 3 is 2.53 bits per heavy atom. The first kappa shape index (κ1) is 13.1. The summed E-state index contributed by atoms with van der Waals surface area (Å²) >= 11 is 0. The van der Waals surface area contributed by atoms with Crippen LogP contribution >= 0.6 is 0 Å². The van der Waals surface area contributed by atoms with Crippen molar-refractivity contribution in [2.75, 3.05) is 0 Å². The summed E-state index contributed by atoms with van der Waals surface area (Å²) in [5.74, 6) is 0.632. The van der Waals surface area contributed by atoms with Crippen LogP contribution in [0.25, 0.3) is 0 Å². The molecule has 2 aromatic rings. The predicted octanol–water partition coefficient (Wildman–Crippen LogP) is 3.13. The Morgan fingerprint density at radius 1 is 1.21 bits per heavy atom. The fourth-order valence-electron chi connectivity index (χ4n) is 1.71. The van der Waals surface area contributed by atoms with Crippen LogP contribution in [0, 0.1) is 6.92 Å². The van der Waals surface area contributed by atoms with E-state index in [-0.39, 0.29) is 11.7 Å². The largest absolute Gasteiger partial charge is 0.456 e. The summed E-state index contributed by atoms with van der Waals surface area (Å²) in [4.78, 5) is 11.8. The van der Waals surface area contributed by atoms with Crippen LogP contribution in [-0.2, 0) is 0 Å². The summed E-state index contributed by atoms with van der Waals surface area (Å²) in [5.41, 5.74) is 4.35. The molecule has 1 amide bonds. The highest BCUT2D eigenvalue weighted by Crippen LogP contribution is 2.07. The highest BCUT2D eigenvalue weighted by molar-refractivity contribution is 6.01. The van der Waals surface area contributed by atoms with Gasteiger partial charge in [-0.25, -0.2) is 5.43 Å². The number of hydrogen-bond acceptors (Lipinski definition) is 3. The van der Waals surface area contributed by atoms with E-state index in [2.05, 4.69) is 10.5 Å². The molecule has 0 radical (unpaired) electrons. The highest BCUT2D eigenvalue weighted by atomic mass is 16.3. The number of benzene rings is 1. The van der Waals surface area contributed by atoms with Crippen LogP contribution in [0.2, 0.25) is 0 Å². The maximum atomic E-state index is 11.8. The number of carbonyl (C=O) groups is 1. The number of rotatable bonds is 4. The molecule has 0 aliphatic heterocycles. The average Bonchev–Trinajstić information content (AvgIpc) is 2.87. The number of aryl methyl sites for hydroxylation is 1. The van der Waals surface area contributed by atoms with Gasteiger partial charge in [0.25, 0.3) is 0 Å². The Bertz CT molecular complexity index is 585. The number of carbonyl (C=O) groups excluding carboxylic acids is 1. The van der Waals surface area contributed by atoms with E-state index in [9.17, 15) is 4.79 Å². The molecule has 0 aliphatic carbocycles. The number of nitrogens with zero attached hydrogens (tertiary/aromatic N) is 1. The molecule has 0 bridgehead atoms. The van der Waals surface area contributed by atoms with Gasteiger partial charge in [-0.2, -0.15) is 5.10 Å². The second-order valence-corrected chi connectivity index (χ2v) is 4.13. The third-order valence-electron chi connectivity index (χ3n) is 2.70. The third-order valence-corrected chi connectivity index (χ3v) is 2.70. The summed E-state index contributed by atoms with van der Waals surface area (Å²) in [6.07, 6.45) is 0.738. The van der Waals surface area contributed by atoms with Crippen LogP contribution in [0.4, 0.5) is 0 Å². The first-order chi connectivity index (χ1) is 9.20. The van der Waals surface area contributed by atoms with Gasteiger partial charge in [-0.1, -0.05) is 37.3 Å². The third kappa shape index (κ3) is 3.31. The lowest BCUT2D eigenvalue weighted by Gasteiger charge is -2.04. The minimum Gasteiger partial charge on any atom is -0.456 e. The molecular formula is C15H16N2O2. The summed E-state index contributed by atoms with van der Waals surface area (Å²) in [6.45, 7) is 3.79. The Morgan fingerprint density at radius 2 is 1.95 bits per heavy atom. The Hall–Kier alpha value is -2.36. The minimum atomic E-state index is -0.338. The zero-order chi connectivity index (χ0) is 13.7. The van der Waals surface area contributed by atoms with Crippen molar-refractivity contribution in [1.29, 1.82) is 0 Å². The zero-order valence-corrected chi connectivity index (χ0v) is 11.0. The molecule has 0 spiro atoms. The van der Waals surface area contributed by atoms with Crippen molar-refractivity contribution < 1.29 is 9.21 Å². The van der Waals surface area contributed by atoms with Crippen molar-refractivity contribution in [3.8, 4) is 0 Å². The van der Waals surface area contributed by atoms with Crippen molar-refractivity contribution in [2.45, 2.75) is 20.3 Å². The van der Waals surface area contributed by atoms with Crippen LogP contribution in [0.5, 0.6) is 0 Å². The van der Waals surface area contributed by atoms with Gasteiger partial charge in [-0.05, 0) is 31.0 Å². The first-order valence-corrected chi connectivity index (χ1v) is 6.19. The van der Waals surface area contributed by atoms with E-state index >= 15 is 0 Å². The molecule has 1 N–H and O–H groups in total. The van der Waals surface area contributed by atoms with E-state index in [0.29, 0.717) is 5.76 Å². The van der Waals surface area contributed by atoms with Crippen molar-refractivity contribution in [2.24, 2.45) is 5.10 Å². The number of hydrogen-bond donors (Lipinski definition) is 1. The zero-order valence-electron chi connectivity index (χ0n) is 11.0. The van der Waals surface area contributed by atoms with E-state index in [1.54, 1.807) is 19.1 Å². The van der Waals surface area contributed by atoms with E-state index in [1.807, 2.05) is 37.3 Å². The number of amides is 1. The van der Waals surface area contributed by atoms with Crippen molar-refractivity contribution in [3.05, 3.63) is 59.5 Å². The molecule has 0 fully saturated rings. The Labute approximate surface area is 112 Å². The average molecular weight is 256 g/mol. The van der Waals surface area contributed by atoms with Crippen molar-refractivity contribution in [3.63, 3.8) is 0 Å². The molecule has 98 valence electrons. The second-order valence-electron chi connectivity index (χ2n) is 4.13. The summed E-state index contributed by atoms with van der Waals surface area (Å²) in [6, 6.07) is 13.1.